The van der Waals surface area contributed by atoms with Gasteiger partial charge in [-0.2, -0.15) is 0 Å². The van der Waals surface area contributed by atoms with Crippen molar-refractivity contribution in [2.24, 2.45) is 0 Å². The van der Waals surface area contributed by atoms with Gasteiger partial charge >= 0.3 is 17.1 Å². The van der Waals surface area contributed by atoms with Gasteiger partial charge in [-0.3, -0.25) is 4.57 Å². The standard InChI is InChI=1S/C27H47N5O5Si3/c1-16(2)39(17(3)4)34-14-20-24(36-40(37-39,18(5)6)19(7)8)23(33)27(35-20)32-21(12-13-38(9,10)11)31-22-25(28)29-15-30-26(22)32/h15-20,23-24,27,33H,14H2,1-11H3,(H2,28,29,30)/t20-,23-,24-,27-/m1/s1. The van der Waals surface area contributed by atoms with Gasteiger partial charge in [0.05, 0.1) is 6.61 Å². The lowest BCUT2D eigenvalue weighted by atomic mass is 10.1. The normalized spacial score (nSPS) is 26.7. The lowest BCUT2D eigenvalue weighted by molar-refractivity contribution is -0.0573. The van der Waals surface area contributed by atoms with Crippen LogP contribution in [0.15, 0.2) is 6.33 Å². The second kappa shape index (κ2) is 11.2. The molecule has 0 aromatic carbocycles. The van der Waals surface area contributed by atoms with Crippen LogP contribution >= 0.6 is 0 Å². The number of aliphatic hydroxyl groups is 1. The molecule has 2 aliphatic rings. The van der Waals surface area contributed by atoms with Crippen LogP contribution in [-0.4, -0.2) is 74.7 Å². The summed E-state index contributed by atoms with van der Waals surface area (Å²) < 4.78 is 29.6. The van der Waals surface area contributed by atoms with E-state index < -0.39 is 49.7 Å². The second-order valence-corrected chi connectivity index (χ2v) is 26.9. The first-order chi connectivity index (χ1) is 18.5. The summed E-state index contributed by atoms with van der Waals surface area (Å²) >= 11 is 0. The van der Waals surface area contributed by atoms with Crippen LogP contribution in [0, 0.1) is 11.5 Å². The highest BCUT2D eigenvalue weighted by Crippen LogP contribution is 2.48. The molecule has 0 radical (unpaired) electrons. The number of fused-ring (bicyclic) bond motifs is 2. The molecule has 0 bridgehead atoms. The molecule has 222 valence electrons. The highest BCUT2D eigenvalue weighted by Gasteiger charge is 2.61. The lowest BCUT2D eigenvalue weighted by Gasteiger charge is -2.51. The zero-order valence-electron chi connectivity index (χ0n) is 25.8. The predicted octanol–water partition coefficient (Wildman–Crippen LogP) is 4.85. The summed E-state index contributed by atoms with van der Waals surface area (Å²) in [5.74, 6) is 3.92. The number of nitrogen functional groups attached to an aromatic ring is 1. The average molecular weight is 606 g/mol. The first-order valence-corrected chi connectivity index (χ1v) is 21.8. The van der Waals surface area contributed by atoms with Gasteiger partial charge in [0.1, 0.15) is 32.7 Å². The minimum absolute atomic E-state index is 0.130. The summed E-state index contributed by atoms with van der Waals surface area (Å²) in [6.07, 6.45) is -1.64. The number of aliphatic hydroxyl groups excluding tert-OH is 1. The molecule has 0 spiro atoms. The molecule has 10 nitrogen and oxygen atoms in total. The largest absolute Gasteiger partial charge is 0.414 e. The number of nitrogens with two attached hydrogens (primary N) is 1. The van der Waals surface area contributed by atoms with Gasteiger partial charge < -0.3 is 28.5 Å². The van der Waals surface area contributed by atoms with Crippen LogP contribution in [0.4, 0.5) is 5.82 Å². The highest BCUT2D eigenvalue weighted by atomic mass is 28.5. The highest BCUT2D eigenvalue weighted by molar-refractivity contribution is 6.84. The molecule has 4 heterocycles. The summed E-state index contributed by atoms with van der Waals surface area (Å²) in [5, 5.41) is 11.9. The fourth-order valence-corrected chi connectivity index (χ4v) is 17.5. The predicted molar refractivity (Wildman–Crippen MR) is 164 cm³/mol. The van der Waals surface area contributed by atoms with Crippen LogP contribution in [0.2, 0.25) is 41.8 Å². The van der Waals surface area contributed by atoms with E-state index in [1.54, 1.807) is 4.57 Å². The Balaban J connectivity index is 1.86. The molecule has 2 aliphatic heterocycles. The van der Waals surface area contributed by atoms with E-state index in [0.717, 1.165) is 0 Å². The summed E-state index contributed by atoms with van der Waals surface area (Å²) in [6.45, 7) is 24.1. The van der Waals surface area contributed by atoms with Crippen LogP contribution in [0.5, 0.6) is 0 Å². The molecular weight excluding hydrogens is 559 g/mol. The van der Waals surface area contributed by atoms with Crippen LogP contribution in [0.3, 0.4) is 0 Å². The zero-order valence-corrected chi connectivity index (χ0v) is 28.8. The topological polar surface area (TPSA) is 127 Å². The molecule has 2 fully saturated rings. The van der Waals surface area contributed by atoms with Crippen molar-refractivity contribution in [1.82, 2.24) is 19.5 Å². The van der Waals surface area contributed by atoms with Crippen LogP contribution in [-0.2, 0) is 17.7 Å². The molecule has 13 heteroatoms. The monoisotopic (exact) mass is 605 g/mol. The SMILES string of the molecule is CC(C)[Si]1(C(C)C)OC[C@H]2O[C@@H](n3c(C#C[Si](C)(C)C)nc4c(N)ncnc43)[C@H](O)[C@@H]2O[Si](C(C)C)(C(C)C)O1. The molecule has 2 aromatic heterocycles. The third-order valence-electron chi connectivity index (χ3n) is 7.95. The minimum Gasteiger partial charge on any atom is -0.414 e. The van der Waals surface area contributed by atoms with Crippen molar-refractivity contribution in [2.45, 2.75) is 122 Å². The first kappa shape index (κ1) is 31.3. The van der Waals surface area contributed by atoms with Crippen molar-refractivity contribution in [3.63, 3.8) is 0 Å². The fourth-order valence-electron chi connectivity index (χ4n) is 5.85. The Morgan fingerprint density at radius 1 is 1.00 bits per heavy atom. The summed E-state index contributed by atoms with van der Waals surface area (Å²) in [4.78, 5) is 13.3. The maximum absolute atomic E-state index is 11.9. The number of anilines is 1. The van der Waals surface area contributed by atoms with Crippen LogP contribution in [0.1, 0.15) is 67.4 Å². The first-order valence-electron chi connectivity index (χ1n) is 14.4. The van der Waals surface area contributed by atoms with Crippen molar-refractivity contribution in [3.05, 3.63) is 12.2 Å². The van der Waals surface area contributed by atoms with E-state index in [0.29, 0.717) is 17.0 Å². The van der Waals surface area contributed by atoms with Gasteiger partial charge in [0, 0.05) is 0 Å². The van der Waals surface area contributed by atoms with Gasteiger partial charge in [0.2, 0.25) is 0 Å². The number of hydrogen-bond donors (Lipinski definition) is 2. The molecule has 40 heavy (non-hydrogen) atoms. The Hall–Kier alpha value is -1.64. The molecule has 2 aromatic rings. The van der Waals surface area contributed by atoms with E-state index in [1.165, 1.54) is 6.33 Å². The summed E-state index contributed by atoms with van der Waals surface area (Å²) in [6, 6.07) is 0. The van der Waals surface area contributed by atoms with Crippen molar-refractivity contribution >= 4 is 42.2 Å². The molecule has 0 amide bonds. The smallest absolute Gasteiger partial charge is 0.335 e. The number of nitrogens with zero attached hydrogens (tertiary/aromatic N) is 4. The van der Waals surface area contributed by atoms with E-state index in [-0.39, 0.29) is 34.6 Å². The Bertz CT molecular complexity index is 1270. The fraction of sp³-hybridized carbons (Fsp3) is 0.741. The van der Waals surface area contributed by atoms with Crippen molar-refractivity contribution in [2.75, 3.05) is 12.3 Å². The quantitative estimate of drug-likeness (QED) is 0.363. The van der Waals surface area contributed by atoms with Gasteiger partial charge in [-0.1, -0.05) is 75.0 Å². The zero-order chi connectivity index (χ0) is 29.8. The maximum atomic E-state index is 11.9. The Morgan fingerprint density at radius 2 is 1.60 bits per heavy atom. The summed E-state index contributed by atoms with van der Waals surface area (Å²) in [7, 11) is -7.43. The van der Waals surface area contributed by atoms with Crippen molar-refractivity contribution < 1.29 is 22.8 Å². The Labute approximate surface area is 241 Å². The number of aromatic nitrogens is 4. The van der Waals surface area contributed by atoms with E-state index in [4.69, 9.17) is 28.4 Å². The molecule has 0 aliphatic carbocycles. The molecule has 4 rings (SSSR count). The molecule has 3 N–H and O–H groups in total. The lowest BCUT2D eigenvalue weighted by Crippen LogP contribution is -2.65. The van der Waals surface area contributed by atoms with Gasteiger partial charge in [0.15, 0.2) is 29.0 Å². The molecule has 2 saturated heterocycles. The van der Waals surface area contributed by atoms with Gasteiger partial charge in [0.25, 0.3) is 0 Å². The maximum Gasteiger partial charge on any atom is 0.335 e. The van der Waals surface area contributed by atoms with E-state index in [9.17, 15) is 5.11 Å². The molecule has 0 unspecified atom stereocenters. The minimum atomic E-state index is -2.94. The molecular formula is C27H47N5O5Si3. The molecule has 0 saturated carbocycles. The van der Waals surface area contributed by atoms with Gasteiger partial charge in [-0.15, -0.1) is 5.54 Å². The molecule has 4 atom stereocenters. The third-order valence-corrected chi connectivity index (χ3v) is 19.1. The third kappa shape index (κ3) is 5.45. The van der Waals surface area contributed by atoms with E-state index >= 15 is 0 Å². The number of ether oxygens (including phenoxy) is 1. The number of imidazole rings is 1. The van der Waals surface area contributed by atoms with Crippen molar-refractivity contribution in [1.29, 1.82) is 0 Å². The number of hydrogen-bond acceptors (Lipinski definition) is 9. The van der Waals surface area contributed by atoms with Crippen molar-refractivity contribution in [3.8, 4) is 11.5 Å². The Kier molecular flexibility index (Phi) is 8.78. The van der Waals surface area contributed by atoms with E-state index in [2.05, 4.69) is 96.5 Å². The van der Waals surface area contributed by atoms with Gasteiger partial charge in [-0.05, 0) is 28.1 Å². The van der Waals surface area contributed by atoms with E-state index in [1.807, 2.05) is 0 Å². The second-order valence-electron chi connectivity index (χ2n) is 13.3. The van der Waals surface area contributed by atoms with Crippen LogP contribution in [0.25, 0.3) is 11.2 Å². The average Bonchev–Trinajstić information content (AvgIpc) is 3.34. The number of rotatable bonds is 5. The van der Waals surface area contributed by atoms with Gasteiger partial charge in [-0.25, -0.2) is 15.0 Å². The Morgan fingerprint density at radius 3 is 2.15 bits per heavy atom. The van der Waals surface area contributed by atoms with Crippen LogP contribution < -0.4 is 5.73 Å². The summed E-state index contributed by atoms with van der Waals surface area (Å²) in [5.41, 5.74) is 11.1.